The van der Waals surface area contributed by atoms with E-state index in [1.165, 1.54) is 172 Å². The van der Waals surface area contributed by atoms with Crippen molar-refractivity contribution in [1.82, 2.24) is 19.5 Å². The number of oxazole rings is 1. The standard InChI is InChI=1S/C40H24N2S.C34H19NOS.C34H19NS2/c1-2-12-26(13-3-1)42-35-20-10-9-19-34(35)41-39(42)25-22-23-28-27-14-4-7-17-31(27)40(33(28)24-25)32-18-8-5-15-29(32)38-37(40)30-16-6-11-21-36(30)43-38;1-4-14-24-20(10-1)30-23(33-35-27-17-6-7-18-28(27)36-33)13-9-16-26(30)34(24)25-15-5-2-11-21(25)32-31(34)22-12-3-8-19-29(22)37-32;1-4-14-24-20(10-1)21-11-2-5-15-25(21)34(24)26-16-9-13-23(33-35-27-17-6-8-19-29(27)37-33)30(26)32-31(34)22-12-3-7-18-28(22)36-32/h1-24H;2*1-19H. The highest BCUT2D eigenvalue weighted by Crippen LogP contribution is 2.71. The first kappa shape index (κ1) is 65.6. The smallest absolute Gasteiger partial charge is 0.227 e. The first-order chi connectivity index (χ1) is 58.0. The minimum atomic E-state index is -0.392. The number of thiophene rings is 3. The Balaban J connectivity index is 0.0000000961. The van der Waals surface area contributed by atoms with Gasteiger partial charge in [0.2, 0.25) is 5.89 Å². The molecule has 0 fully saturated rings. The Morgan fingerprint density at radius 2 is 0.667 bits per heavy atom. The van der Waals surface area contributed by atoms with Gasteiger partial charge in [-0.1, -0.05) is 297 Å². The molecule has 28 rings (SSSR count). The van der Waals surface area contributed by atoms with E-state index in [9.17, 15) is 0 Å². The van der Waals surface area contributed by atoms with E-state index in [0.29, 0.717) is 5.89 Å². The largest absolute Gasteiger partial charge is 0.436 e. The van der Waals surface area contributed by atoms with E-state index in [4.69, 9.17) is 19.4 Å². The molecule has 0 amide bonds. The molecule has 6 aliphatic rings. The topological polar surface area (TPSA) is 56.7 Å². The molecule has 0 aliphatic heterocycles. The average Bonchev–Trinajstić information content (AvgIpc) is 1.52. The molecule has 6 aromatic heterocycles. The lowest BCUT2D eigenvalue weighted by molar-refractivity contribution is 0.620. The summed E-state index contributed by atoms with van der Waals surface area (Å²) >= 11 is 7.56. The second-order valence-corrected chi connectivity index (χ2v) is 35.4. The van der Waals surface area contributed by atoms with Crippen molar-refractivity contribution in [2.45, 2.75) is 16.2 Å². The number of aromatic nitrogens is 4. The Labute approximate surface area is 689 Å². The summed E-state index contributed by atoms with van der Waals surface area (Å²) in [5, 5.41) is 5.15. The molecule has 2 atom stereocenters. The molecule has 2 unspecified atom stereocenters. The first-order valence-corrected chi connectivity index (χ1v) is 43.1. The van der Waals surface area contributed by atoms with Crippen LogP contribution in [0.15, 0.2) is 381 Å². The second-order valence-electron chi connectivity index (χ2n) is 31.2. The van der Waals surface area contributed by atoms with Gasteiger partial charge >= 0.3 is 0 Å². The van der Waals surface area contributed by atoms with Crippen LogP contribution in [0.5, 0.6) is 0 Å². The second kappa shape index (κ2) is 24.6. The van der Waals surface area contributed by atoms with Crippen molar-refractivity contribution < 1.29 is 4.42 Å². The number of hydrogen-bond acceptors (Lipinski definition) is 8. The lowest BCUT2D eigenvalue weighted by atomic mass is 9.70. The van der Waals surface area contributed by atoms with Crippen LogP contribution in [0.4, 0.5) is 0 Å². The first-order valence-electron chi connectivity index (χ1n) is 39.9. The third-order valence-corrected chi connectivity index (χ3v) is 30.4. The Hall–Kier alpha value is -13.8. The number of thiazole rings is 1. The Bertz CT molecular complexity index is 7910. The summed E-state index contributed by atoms with van der Waals surface area (Å²) in [4.78, 5) is 19.4. The van der Waals surface area contributed by atoms with Gasteiger partial charge < -0.3 is 4.42 Å². The van der Waals surface area contributed by atoms with E-state index in [1.54, 1.807) is 11.3 Å². The van der Waals surface area contributed by atoms with Crippen LogP contribution in [0.1, 0.15) is 66.8 Å². The molecule has 5 nitrogen and oxygen atoms in total. The molecule has 3 spiro atoms. The van der Waals surface area contributed by atoms with Crippen molar-refractivity contribution in [3.63, 3.8) is 0 Å². The minimum absolute atomic E-state index is 0.329. The number of para-hydroxylation sites is 6. The van der Waals surface area contributed by atoms with Crippen LogP contribution in [-0.4, -0.2) is 19.5 Å². The molecule has 16 aromatic carbocycles. The van der Waals surface area contributed by atoms with Crippen LogP contribution in [0.25, 0.3) is 166 Å². The highest BCUT2D eigenvalue weighted by atomic mass is 32.1. The average molecular weight is 1560 g/mol. The summed E-state index contributed by atoms with van der Waals surface area (Å²) in [5.74, 6) is 1.63. The zero-order valence-corrected chi connectivity index (χ0v) is 65.9. The van der Waals surface area contributed by atoms with Crippen molar-refractivity contribution in [3.8, 4) is 104 Å². The van der Waals surface area contributed by atoms with Crippen molar-refractivity contribution in [1.29, 1.82) is 0 Å². The highest BCUT2D eigenvalue weighted by Gasteiger charge is 2.57. The predicted octanol–water partition coefficient (Wildman–Crippen LogP) is 28.8. The van der Waals surface area contributed by atoms with Gasteiger partial charge in [-0.3, -0.25) is 4.57 Å². The molecule has 0 radical (unpaired) electrons. The molecule has 6 heterocycles. The molecule has 0 bridgehead atoms. The fourth-order valence-corrected chi connectivity index (χ4v) is 26.3. The van der Waals surface area contributed by atoms with E-state index in [1.807, 2.05) is 58.3 Å². The van der Waals surface area contributed by atoms with Gasteiger partial charge in [-0.25, -0.2) is 15.0 Å². The summed E-state index contributed by atoms with van der Waals surface area (Å²) in [6.45, 7) is 0. The number of benzene rings is 16. The van der Waals surface area contributed by atoms with Gasteiger partial charge in [0.15, 0.2) is 5.58 Å². The monoisotopic (exact) mass is 1560 g/mol. The molecular weight excluding hydrogens is 1500 g/mol. The van der Waals surface area contributed by atoms with Crippen molar-refractivity contribution in [2.75, 3.05) is 0 Å². The third kappa shape index (κ3) is 8.72. The fourth-order valence-electron chi connectivity index (χ4n) is 21.4. The number of hydrogen-bond donors (Lipinski definition) is 0. The summed E-state index contributed by atoms with van der Waals surface area (Å²) in [6, 6.07) is 137. The number of rotatable bonds is 4. The summed E-state index contributed by atoms with van der Waals surface area (Å²) in [7, 11) is 0. The fraction of sp³-hybridized carbons (Fsp3) is 0.0278. The number of nitrogens with zero attached hydrogens (tertiary/aromatic N) is 4. The van der Waals surface area contributed by atoms with Crippen LogP contribution < -0.4 is 0 Å². The molecule has 6 aliphatic carbocycles. The van der Waals surface area contributed by atoms with Crippen LogP contribution in [0.2, 0.25) is 0 Å². The minimum Gasteiger partial charge on any atom is -0.436 e. The number of imidazole rings is 1. The van der Waals surface area contributed by atoms with Gasteiger partial charge in [-0.15, -0.1) is 45.3 Å². The predicted molar refractivity (Wildman–Crippen MR) is 486 cm³/mol. The van der Waals surface area contributed by atoms with E-state index in [-0.39, 0.29) is 10.8 Å². The molecule has 22 aromatic rings. The normalized spacial score (nSPS) is 15.7. The van der Waals surface area contributed by atoms with E-state index in [2.05, 4.69) is 356 Å². The maximum Gasteiger partial charge on any atom is 0.227 e. The molecule has 544 valence electrons. The van der Waals surface area contributed by atoms with Gasteiger partial charge in [-0.05, 0) is 206 Å². The molecule has 0 N–H and O–H groups in total. The van der Waals surface area contributed by atoms with Crippen molar-refractivity contribution >= 4 is 108 Å². The van der Waals surface area contributed by atoms with E-state index >= 15 is 0 Å². The van der Waals surface area contributed by atoms with Gasteiger partial charge in [0.05, 0.1) is 37.5 Å². The summed E-state index contributed by atoms with van der Waals surface area (Å²) in [6.07, 6.45) is 0. The van der Waals surface area contributed by atoms with Crippen LogP contribution in [0.3, 0.4) is 0 Å². The molecule has 0 saturated heterocycles. The highest BCUT2D eigenvalue weighted by molar-refractivity contribution is 7.24. The lowest BCUT2D eigenvalue weighted by Crippen LogP contribution is -2.25. The molecule has 117 heavy (non-hydrogen) atoms. The van der Waals surface area contributed by atoms with Crippen LogP contribution >= 0.6 is 45.3 Å². The molecule has 0 saturated carbocycles. The van der Waals surface area contributed by atoms with Crippen LogP contribution in [0, 0.1) is 0 Å². The summed E-state index contributed by atoms with van der Waals surface area (Å²) < 4.78 is 13.9. The van der Waals surface area contributed by atoms with Gasteiger partial charge in [0.25, 0.3) is 0 Å². The van der Waals surface area contributed by atoms with Gasteiger partial charge in [0, 0.05) is 56.7 Å². The number of fused-ring (bicyclic) bond motifs is 39. The Morgan fingerprint density at radius 1 is 0.256 bits per heavy atom. The quantitative estimate of drug-likeness (QED) is 0.176. The van der Waals surface area contributed by atoms with Crippen LogP contribution in [-0.2, 0) is 16.2 Å². The maximum atomic E-state index is 6.33. The molecular formula is C108H62N4OS4. The van der Waals surface area contributed by atoms with E-state index < -0.39 is 5.41 Å². The third-order valence-electron chi connectivity index (χ3n) is 25.7. The maximum absolute atomic E-state index is 6.33. The van der Waals surface area contributed by atoms with Gasteiger partial charge in [0.1, 0.15) is 16.3 Å². The van der Waals surface area contributed by atoms with E-state index in [0.717, 1.165) is 55.3 Å². The van der Waals surface area contributed by atoms with Crippen molar-refractivity contribution in [3.05, 3.63) is 443 Å². The zero-order valence-electron chi connectivity index (χ0n) is 62.6. The Kier molecular flexibility index (Phi) is 13.8. The summed E-state index contributed by atoms with van der Waals surface area (Å²) in [5.41, 5.74) is 36.7. The Morgan fingerprint density at radius 3 is 1.25 bits per heavy atom. The lowest BCUT2D eigenvalue weighted by Gasteiger charge is -2.30. The van der Waals surface area contributed by atoms with Crippen molar-refractivity contribution in [2.24, 2.45) is 0 Å². The molecule has 9 heteroatoms. The van der Waals surface area contributed by atoms with Gasteiger partial charge in [-0.2, -0.15) is 0 Å². The zero-order chi connectivity index (χ0) is 76.4. The SMILES string of the molecule is c1ccc(-n2c(-c3ccc4c(c3)C3(c5ccccc5-4)c4ccccc4-c4sc5ccccc5c43)nc3ccccc32)cc1.c1ccc2c(c1)-c1ccccc1C21c2cccc(-c3nc4ccccc4s3)c2-c2sc3ccccc3c21.c1ccc2c(c1)-c1sc3ccccc3c1C21c2ccccc2-c2c(-c3nc4ccccc4o3)cccc21.